The smallest absolute Gasteiger partial charge is 0.269 e. The maximum atomic E-state index is 12.5. The summed E-state index contributed by atoms with van der Waals surface area (Å²) in [7, 11) is 1.54. The Bertz CT molecular complexity index is 539. The van der Waals surface area contributed by atoms with Crippen LogP contribution in [0.5, 0.6) is 0 Å². The number of carbonyl (C=O) groups is 2. The van der Waals surface area contributed by atoms with Crippen molar-refractivity contribution in [2.75, 3.05) is 39.8 Å². The van der Waals surface area contributed by atoms with E-state index < -0.39 is 0 Å². The number of aliphatic hydroxyl groups is 1. The van der Waals surface area contributed by atoms with Crippen LogP contribution in [0.15, 0.2) is 18.3 Å². The minimum absolute atomic E-state index is 0.0725. The first-order valence-electron chi connectivity index (χ1n) is 7.93. The Morgan fingerprint density at radius 2 is 2.00 bits per heavy atom. The number of β-amino-alcohol motifs (C(OH)–C–C–N with tert-alkyl or cyclic N) is 1. The van der Waals surface area contributed by atoms with Crippen molar-refractivity contribution in [3.8, 4) is 0 Å². The Balaban J connectivity index is 1.91. The lowest BCUT2D eigenvalue weighted by atomic mass is 10.2. The number of carbonyl (C=O) groups excluding carboxylic acids is 2. The van der Waals surface area contributed by atoms with Crippen molar-refractivity contribution in [3.05, 3.63) is 29.6 Å². The Kier molecular flexibility index (Phi) is 6.06. The number of piperazine rings is 1. The summed E-state index contributed by atoms with van der Waals surface area (Å²) in [6.07, 6.45) is 1.88. The summed E-state index contributed by atoms with van der Waals surface area (Å²) in [5.41, 5.74) is 0.780. The molecule has 1 atom stereocenters. The van der Waals surface area contributed by atoms with Gasteiger partial charge in [-0.05, 0) is 18.6 Å². The second kappa shape index (κ2) is 8.03. The molecule has 0 aliphatic carbocycles. The van der Waals surface area contributed by atoms with Crippen LogP contribution < -0.4 is 5.32 Å². The highest BCUT2D eigenvalue weighted by atomic mass is 16.3. The summed E-state index contributed by atoms with van der Waals surface area (Å²) in [6.45, 7) is 5.39. The summed E-state index contributed by atoms with van der Waals surface area (Å²) in [4.78, 5) is 31.9. The number of rotatable bonds is 5. The quantitative estimate of drug-likeness (QED) is 0.796. The number of nitrogens with zero attached hydrogens (tertiary/aromatic N) is 3. The van der Waals surface area contributed by atoms with Gasteiger partial charge in [0.1, 0.15) is 5.69 Å². The third kappa shape index (κ3) is 4.49. The van der Waals surface area contributed by atoms with E-state index >= 15 is 0 Å². The Hall–Kier alpha value is -1.99. The molecule has 1 aliphatic heterocycles. The largest absolute Gasteiger partial charge is 0.392 e. The number of pyridine rings is 1. The van der Waals surface area contributed by atoms with Gasteiger partial charge in [0, 0.05) is 46.0 Å². The van der Waals surface area contributed by atoms with E-state index in [1.165, 1.54) is 13.2 Å². The minimum atomic E-state index is -0.307. The first kappa shape index (κ1) is 17.4. The van der Waals surface area contributed by atoms with Crippen molar-refractivity contribution in [2.24, 2.45) is 0 Å². The van der Waals surface area contributed by atoms with Crippen LogP contribution in [-0.4, -0.2) is 77.6 Å². The monoisotopic (exact) mass is 320 g/mol. The van der Waals surface area contributed by atoms with Gasteiger partial charge in [-0.2, -0.15) is 0 Å². The van der Waals surface area contributed by atoms with Gasteiger partial charge in [0.25, 0.3) is 11.8 Å². The zero-order chi connectivity index (χ0) is 16.8. The van der Waals surface area contributed by atoms with Gasteiger partial charge in [-0.3, -0.25) is 19.5 Å². The molecular formula is C16H24N4O3. The SMILES string of the molecule is CC[C@@H](O)CN1CCN(C(=O)c2ccc(C(=O)NC)nc2)CC1. The summed E-state index contributed by atoms with van der Waals surface area (Å²) in [5.74, 6) is -0.344. The average molecular weight is 320 g/mol. The van der Waals surface area contributed by atoms with E-state index in [-0.39, 0.29) is 17.9 Å². The molecule has 2 N–H and O–H groups in total. The lowest BCUT2D eigenvalue weighted by Crippen LogP contribution is -2.50. The highest BCUT2D eigenvalue weighted by Crippen LogP contribution is 2.10. The van der Waals surface area contributed by atoms with Gasteiger partial charge in [0.2, 0.25) is 0 Å². The molecule has 0 unspecified atom stereocenters. The molecule has 7 heteroatoms. The van der Waals surface area contributed by atoms with Crippen LogP contribution in [0.25, 0.3) is 0 Å². The van der Waals surface area contributed by atoms with Gasteiger partial charge in [0.05, 0.1) is 11.7 Å². The lowest BCUT2D eigenvalue weighted by Gasteiger charge is -2.35. The van der Waals surface area contributed by atoms with Crippen molar-refractivity contribution in [1.29, 1.82) is 0 Å². The van der Waals surface area contributed by atoms with Crippen LogP contribution in [0.2, 0.25) is 0 Å². The van der Waals surface area contributed by atoms with Crippen molar-refractivity contribution in [1.82, 2.24) is 20.1 Å². The van der Waals surface area contributed by atoms with E-state index in [1.54, 1.807) is 17.0 Å². The van der Waals surface area contributed by atoms with Crippen LogP contribution in [0, 0.1) is 0 Å². The van der Waals surface area contributed by atoms with Crippen LogP contribution in [0.4, 0.5) is 0 Å². The molecule has 2 rings (SSSR count). The number of aliphatic hydroxyl groups excluding tert-OH is 1. The van der Waals surface area contributed by atoms with E-state index in [1.807, 2.05) is 6.92 Å². The molecule has 23 heavy (non-hydrogen) atoms. The number of nitrogens with one attached hydrogen (secondary N) is 1. The normalized spacial score (nSPS) is 16.9. The third-order valence-electron chi connectivity index (χ3n) is 4.07. The summed E-state index contributed by atoms with van der Waals surface area (Å²) in [5, 5.41) is 12.2. The molecule has 0 radical (unpaired) electrons. The lowest BCUT2D eigenvalue weighted by molar-refractivity contribution is 0.0523. The fraction of sp³-hybridized carbons (Fsp3) is 0.562. The Morgan fingerprint density at radius 3 is 2.52 bits per heavy atom. The van der Waals surface area contributed by atoms with Gasteiger partial charge < -0.3 is 15.3 Å². The van der Waals surface area contributed by atoms with Crippen molar-refractivity contribution < 1.29 is 14.7 Å². The second-order valence-electron chi connectivity index (χ2n) is 5.67. The van der Waals surface area contributed by atoms with Gasteiger partial charge in [0.15, 0.2) is 0 Å². The van der Waals surface area contributed by atoms with Crippen LogP contribution in [0.1, 0.15) is 34.2 Å². The predicted octanol–water partition coefficient (Wildman–Crippen LogP) is -0.0301. The standard InChI is InChI=1S/C16H24N4O3/c1-3-13(21)11-19-6-8-20(9-7-19)16(23)12-4-5-14(18-10-12)15(22)17-2/h4-5,10,13,21H,3,6-9,11H2,1-2H3,(H,17,22)/t13-/m1/s1. The maximum absolute atomic E-state index is 12.5. The topological polar surface area (TPSA) is 85.8 Å². The van der Waals surface area contributed by atoms with E-state index in [0.717, 1.165) is 19.5 Å². The van der Waals surface area contributed by atoms with Crippen molar-refractivity contribution >= 4 is 11.8 Å². The summed E-state index contributed by atoms with van der Waals surface area (Å²) in [6, 6.07) is 3.19. The third-order valence-corrected chi connectivity index (χ3v) is 4.07. The fourth-order valence-corrected chi connectivity index (χ4v) is 2.53. The predicted molar refractivity (Wildman–Crippen MR) is 86.3 cm³/mol. The van der Waals surface area contributed by atoms with Gasteiger partial charge in [-0.25, -0.2) is 0 Å². The molecule has 1 fully saturated rings. The fourth-order valence-electron chi connectivity index (χ4n) is 2.53. The molecule has 0 aromatic carbocycles. The van der Waals surface area contributed by atoms with Gasteiger partial charge >= 0.3 is 0 Å². The molecule has 1 aromatic heterocycles. The molecule has 1 saturated heterocycles. The molecular weight excluding hydrogens is 296 g/mol. The maximum Gasteiger partial charge on any atom is 0.269 e. The number of amides is 2. The van der Waals surface area contributed by atoms with E-state index in [9.17, 15) is 14.7 Å². The number of hydrogen-bond acceptors (Lipinski definition) is 5. The van der Waals surface area contributed by atoms with Crippen LogP contribution >= 0.6 is 0 Å². The van der Waals surface area contributed by atoms with Gasteiger partial charge in [-0.15, -0.1) is 0 Å². The van der Waals surface area contributed by atoms with E-state index in [4.69, 9.17) is 0 Å². The molecule has 1 aliphatic rings. The molecule has 0 saturated carbocycles. The molecule has 7 nitrogen and oxygen atoms in total. The molecule has 2 heterocycles. The number of aromatic nitrogens is 1. The first-order valence-corrected chi connectivity index (χ1v) is 7.93. The van der Waals surface area contributed by atoms with Crippen LogP contribution in [0.3, 0.4) is 0 Å². The second-order valence-corrected chi connectivity index (χ2v) is 5.67. The first-order chi connectivity index (χ1) is 11.0. The Labute approximate surface area is 136 Å². The highest BCUT2D eigenvalue weighted by Gasteiger charge is 2.23. The van der Waals surface area contributed by atoms with Crippen molar-refractivity contribution in [3.63, 3.8) is 0 Å². The van der Waals surface area contributed by atoms with Crippen molar-refractivity contribution in [2.45, 2.75) is 19.4 Å². The van der Waals surface area contributed by atoms with Crippen LogP contribution in [-0.2, 0) is 0 Å². The molecule has 2 amide bonds. The summed E-state index contributed by atoms with van der Waals surface area (Å²) >= 11 is 0. The zero-order valence-electron chi connectivity index (χ0n) is 13.7. The highest BCUT2D eigenvalue weighted by molar-refractivity contribution is 5.96. The summed E-state index contributed by atoms with van der Waals surface area (Å²) < 4.78 is 0. The molecule has 1 aromatic rings. The average Bonchev–Trinajstić information content (AvgIpc) is 2.61. The van der Waals surface area contributed by atoms with Gasteiger partial charge in [-0.1, -0.05) is 6.92 Å². The molecule has 0 bridgehead atoms. The van der Waals surface area contributed by atoms with E-state index in [2.05, 4.69) is 15.2 Å². The molecule has 0 spiro atoms. The minimum Gasteiger partial charge on any atom is -0.392 e. The zero-order valence-corrected chi connectivity index (χ0v) is 13.7. The van der Waals surface area contributed by atoms with E-state index in [0.29, 0.717) is 30.9 Å². The Morgan fingerprint density at radius 1 is 1.30 bits per heavy atom. The molecule has 126 valence electrons. The number of hydrogen-bond donors (Lipinski definition) is 2.